The van der Waals surface area contributed by atoms with E-state index in [2.05, 4.69) is 10.2 Å². The average Bonchev–Trinajstić information content (AvgIpc) is 3.65. The number of ether oxygens (including phenoxy) is 1. The second-order valence-electron chi connectivity index (χ2n) is 7.57. The van der Waals surface area contributed by atoms with Crippen LogP contribution in [0.15, 0.2) is 110 Å². The Balaban J connectivity index is 1.32. The molecule has 0 aliphatic carbocycles. The van der Waals surface area contributed by atoms with E-state index in [0.29, 0.717) is 22.4 Å². The Bertz CT molecular complexity index is 1360. The quantitative estimate of drug-likeness (QED) is 0.159. The number of thiophene rings is 1. The van der Waals surface area contributed by atoms with Gasteiger partial charge in [-0.2, -0.15) is 5.10 Å². The standard InChI is InChI=1S/C27H21N3O3S2/c31-26-25(16-24-12-6-14-34-24)35-27(30(26)18-23-11-5-13-32-23)29-28-17-21-9-4-10-22(15-21)33-19-20-7-2-1-3-8-20/h1-17H,18-19H2/b25-16-,28-17+,29-27+. The second-order valence-corrected chi connectivity index (χ2v) is 9.56. The van der Waals surface area contributed by atoms with E-state index in [0.717, 1.165) is 21.8 Å². The first kappa shape index (κ1) is 22.9. The highest BCUT2D eigenvalue weighted by atomic mass is 32.2. The molecule has 0 bridgehead atoms. The normalized spacial score (nSPS) is 16.1. The lowest BCUT2D eigenvalue weighted by atomic mass is 10.2. The van der Waals surface area contributed by atoms with Gasteiger partial charge in [-0.1, -0.05) is 48.5 Å². The zero-order chi connectivity index (χ0) is 23.9. The molecule has 35 heavy (non-hydrogen) atoms. The third-order valence-corrected chi connectivity index (χ3v) is 6.87. The van der Waals surface area contributed by atoms with Crippen LogP contribution in [0.2, 0.25) is 0 Å². The minimum Gasteiger partial charge on any atom is -0.489 e. The molecule has 0 radical (unpaired) electrons. The number of carbonyl (C=O) groups excluding carboxylic acids is 1. The first-order chi connectivity index (χ1) is 17.2. The van der Waals surface area contributed by atoms with Gasteiger partial charge in [0.25, 0.3) is 5.91 Å². The molecule has 0 atom stereocenters. The molecule has 6 nitrogen and oxygen atoms in total. The molecule has 0 unspecified atom stereocenters. The molecule has 1 saturated heterocycles. The van der Waals surface area contributed by atoms with E-state index in [-0.39, 0.29) is 12.5 Å². The Morgan fingerprint density at radius 1 is 1.00 bits per heavy atom. The smallest absolute Gasteiger partial charge is 0.267 e. The van der Waals surface area contributed by atoms with Crippen molar-refractivity contribution < 1.29 is 13.9 Å². The first-order valence-corrected chi connectivity index (χ1v) is 12.6. The molecule has 1 aliphatic rings. The summed E-state index contributed by atoms with van der Waals surface area (Å²) >= 11 is 2.88. The third kappa shape index (κ3) is 5.98. The lowest BCUT2D eigenvalue weighted by Crippen LogP contribution is -2.28. The SMILES string of the molecule is O=C1/C(=C/c2cccs2)S/C(=N/N=C/c2cccc(OCc3ccccc3)c2)N1Cc1ccco1. The summed E-state index contributed by atoms with van der Waals surface area (Å²) in [7, 11) is 0. The van der Waals surface area contributed by atoms with Crippen molar-refractivity contribution in [1.29, 1.82) is 0 Å². The number of rotatable bonds is 8. The van der Waals surface area contributed by atoms with Crippen molar-refractivity contribution in [3.63, 3.8) is 0 Å². The van der Waals surface area contributed by atoms with Crippen LogP contribution in [-0.4, -0.2) is 22.2 Å². The predicted molar refractivity (Wildman–Crippen MR) is 141 cm³/mol. The van der Waals surface area contributed by atoms with Gasteiger partial charge in [-0.05, 0) is 64.7 Å². The number of benzene rings is 2. The average molecular weight is 500 g/mol. The minimum atomic E-state index is -0.120. The number of thioether (sulfide) groups is 1. The number of hydrogen-bond donors (Lipinski definition) is 0. The minimum absolute atomic E-state index is 0.120. The summed E-state index contributed by atoms with van der Waals surface area (Å²) in [5.74, 6) is 1.30. The Kier molecular flexibility index (Phi) is 7.21. The molecule has 1 fully saturated rings. The van der Waals surface area contributed by atoms with E-state index >= 15 is 0 Å². The van der Waals surface area contributed by atoms with Crippen molar-refractivity contribution in [1.82, 2.24) is 4.90 Å². The van der Waals surface area contributed by atoms with Gasteiger partial charge in [0.05, 0.1) is 23.9 Å². The van der Waals surface area contributed by atoms with E-state index in [4.69, 9.17) is 9.15 Å². The zero-order valence-electron chi connectivity index (χ0n) is 18.6. The first-order valence-electron chi connectivity index (χ1n) is 10.9. The summed E-state index contributed by atoms with van der Waals surface area (Å²) in [4.78, 5) is 16.3. The number of hydrogen-bond acceptors (Lipinski definition) is 7. The van der Waals surface area contributed by atoms with E-state index in [9.17, 15) is 4.79 Å². The van der Waals surface area contributed by atoms with Crippen molar-refractivity contribution in [3.05, 3.63) is 117 Å². The van der Waals surface area contributed by atoms with Crippen molar-refractivity contribution in [2.45, 2.75) is 13.2 Å². The third-order valence-electron chi connectivity index (χ3n) is 5.06. The van der Waals surface area contributed by atoms with Crippen LogP contribution >= 0.6 is 23.1 Å². The van der Waals surface area contributed by atoms with Gasteiger partial charge in [0.15, 0.2) is 5.17 Å². The molecular weight excluding hydrogens is 478 g/mol. The van der Waals surface area contributed by atoms with Gasteiger partial charge in [0, 0.05) is 4.88 Å². The predicted octanol–water partition coefficient (Wildman–Crippen LogP) is 6.43. The molecule has 1 aliphatic heterocycles. The fourth-order valence-electron chi connectivity index (χ4n) is 3.35. The molecule has 0 saturated carbocycles. The molecule has 0 spiro atoms. The van der Waals surface area contributed by atoms with Gasteiger partial charge in [-0.3, -0.25) is 9.69 Å². The molecule has 174 valence electrons. The van der Waals surface area contributed by atoms with Crippen LogP contribution in [0, 0.1) is 0 Å². The van der Waals surface area contributed by atoms with Gasteiger partial charge >= 0.3 is 0 Å². The zero-order valence-corrected chi connectivity index (χ0v) is 20.2. The molecule has 3 heterocycles. The monoisotopic (exact) mass is 499 g/mol. The number of amides is 1. The summed E-state index contributed by atoms with van der Waals surface area (Å²) in [5.41, 5.74) is 1.95. The van der Waals surface area contributed by atoms with Gasteiger partial charge in [-0.15, -0.1) is 16.4 Å². The highest BCUT2D eigenvalue weighted by Gasteiger charge is 2.34. The Morgan fingerprint density at radius 2 is 1.91 bits per heavy atom. The second kappa shape index (κ2) is 11.0. The number of amidine groups is 1. The number of furan rings is 1. The molecular formula is C27H21N3O3S2. The Hall–Kier alpha value is -3.88. The Morgan fingerprint density at radius 3 is 2.71 bits per heavy atom. The van der Waals surface area contributed by atoms with Crippen molar-refractivity contribution in [2.24, 2.45) is 10.2 Å². The maximum atomic E-state index is 13.1. The van der Waals surface area contributed by atoms with Crippen molar-refractivity contribution in [2.75, 3.05) is 0 Å². The van der Waals surface area contributed by atoms with Crippen molar-refractivity contribution in [3.8, 4) is 5.75 Å². The maximum Gasteiger partial charge on any atom is 0.267 e. The van der Waals surface area contributed by atoms with Crippen LogP contribution in [0.4, 0.5) is 0 Å². The number of nitrogens with zero attached hydrogens (tertiary/aromatic N) is 3. The summed E-state index contributed by atoms with van der Waals surface area (Å²) in [6.45, 7) is 0.779. The number of carbonyl (C=O) groups is 1. The Labute approximate surface area is 211 Å². The molecule has 0 N–H and O–H groups in total. The molecule has 2 aromatic heterocycles. The topological polar surface area (TPSA) is 67.4 Å². The van der Waals surface area contributed by atoms with Gasteiger partial charge in [0.2, 0.25) is 0 Å². The van der Waals surface area contributed by atoms with E-state index < -0.39 is 0 Å². The van der Waals surface area contributed by atoms with Crippen LogP contribution in [-0.2, 0) is 17.9 Å². The molecule has 5 rings (SSSR count). The van der Waals surface area contributed by atoms with Gasteiger partial charge in [-0.25, -0.2) is 0 Å². The summed E-state index contributed by atoms with van der Waals surface area (Å²) in [5, 5.41) is 11.1. The van der Waals surface area contributed by atoms with Crippen LogP contribution in [0.5, 0.6) is 5.75 Å². The van der Waals surface area contributed by atoms with E-state index in [1.165, 1.54) is 11.8 Å². The summed E-state index contributed by atoms with van der Waals surface area (Å²) in [6.07, 6.45) is 5.12. The maximum absolute atomic E-state index is 13.1. The highest BCUT2D eigenvalue weighted by molar-refractivity contribution is 8.18. The summed E-state index contributed by atoms with van der Waals surface area (Å²) in [6, 6.07) is 25.2. The fourth-order valence-corrected chi connectivity index (χ4v) is 5.01. The van der Waals surface area contributed by atoms with Crippen LogP contribution in [0.25, 0.3) is 6.08 Å². The molecule has 4 aromatic rings. The van der Waals surface area contributed by atoms with Crippen LogP contribution in [0.1, 0.15) is 21.8 Å². The molecule has 1 amide bonds. The van der Waals surface area contributed by atoms with Crippen molar-refractivity contribution >= 4 is 46.5 Å². The summed E-state index contributed by atoms with van der Waals surface area (Å²) < 4.78 is 11.3. The molecule has 2 aromatic carbocycles. The van der Waals surface area contributed by atoms with E-state index in [1.54, 1.807) is 34.8 Å². The highest BCUT2D eigenvalue weighted by Crippen LogP contribution is 2.34. The lowest BCUT2D eigenvalue weighted by Gasteiger charge is -2.12. The molecule has 8 heteroatoms. The van der Waals surface area contributed by atoms with E-state index in [1.807, 2.05) is 84.3 Å². The van der Waals surface area contributed by atoms with Crippen LogP contribution in [0.3, 0.4) is 0 Å². The largest absolute Gasteiger partial charge is 0.489 e. The fraction of sp³-hybridized carbons (Fsp3) is 0.0741. The van der Waals surface area contributed by atoms with Crippen LogP contribution < -0.4 is 4.74 Å². The van der Waals surface area contributed by atoms with Gasteiger partial charge in [0.1, 0.15) is 18.1 Å². The van der Waals surface area contributed by atoms with Gasteiger partial charge < -0.3 is 9.15 Å². The lowest BCUT2D eigenvalue weighted by molar-refractivity contribution is -0.122.